The third-order valence-corrected chi connectivity index (χ3v) is 5.88. The number of fused-ring (bicyclic) bond motifs is 1. The van der Waals surface area contributed by atoms with Gasteiger partial charge in [0.2, 0.25) is 0 Å². The van der Waals surface area contributed by atoms with Crippen molar-refractivity contribution in [2.75, 3.05) is 5.32 Å². The molecule has 6 nitrogen and oxygen atoms in total. The van der Waals surface area contributed by atoms with E-state index >= 15 is 0 Å². The van der Waals surface area contributed by atoms with Crippen LogP contribution < -0.4 is 5.32 Å². The SMILES string of the molecule is O=C(Nc1ccc(-n2nc(C3CC3)cc2C2CC2)cc1)c1ccc2c(c1)CN=N2. The van der Waals surface area contributed by atoms with Crippen LogP contribution in [0.3, 0.4) is 0 Å². The van der Waals surface area contributed by atoms with Crippen molar-refractivity contribution in [1.29, 1.82) is 0 Å². The first-order valence-corrected chi connectivity index (χ1v) is 10.3. The standard InChI is InChI=1S/C23H21N5O/c29-23(16-5-10-20-17(11-16)13-24-26-20)25-18-6-8-19(9-7-18)28-22(15-3-4-15)12-21(27-28)14-1-2-14/h5-12,14-15H,1-4,13H2,(H,25,29). The molecule has 3 aliphatic rings. The zero-order chi connectivity index (χ0) is 19.4. The molecule has 2 aromatic carbocycles. The Bertz CT molecular complexity index is 1140. The van der Waals surface area contributed by atoms with E-state index in [4.69, 9.17) is 5.10 Å². The highest BCUT2D eigenvalue weighted by Gasteiger charge is 2.32. The summed E-state index contributed by atoms with van der Waals surface area (Å²) in [5.74, 6) is 1.18. The van der Waals surface area contributed by atoms with Crippen molar-refractivity contribution in [3.63, 3.8) is 0 Å². The Hall–Kier alpha value is -3.28. The number of hydrogen-bond acceptors (Lipinski definition) is 4. The molecule has 2 heterocycles. The highest BCUT2D eigenvalue weighted by atomic mass is 16.1. The number of carbonyl (C=O) groups excluding carboxylic acids is 1. The molecule has 2 aliphatic carbocycles. The lowest BCUT2D eigenvalue weighted by atomic mass is 10.1. The number of anilines is 1. The largest absolute Gasteiger partial charge is 0.322 e. The number of nitrogens with one attached hydrogen (secondary N) is 1. The zero-order valence-electron chi connectivity index (χ0n) is 16.0. The van der Waals surface area contributed by atoms with Crippen molar-refractivity contribution in [2.45, 2.75) is 44.1 Å². The van der Waals surface area contributed by atoms with Gasteiger partial charge in [0, 0.05) is 34.3 Å². The van der Waals surface area contributed by atoms with E-state index in [0.29, 0.717) is 23.9 Å². The molecule has 6 heteroatoms. The van der Waals surface area contributed by atoms with Gasteiger partial charge in [-0.2, -0.15) is 15.3 Å². The monoisotopic (exact) mass is 383 g/mol. The molecule has 0 unspecified atom stereocenters. The summed E-state index contributed by atoms with van der Waals surface area (Å²) < 4.78 is 2.10. The zero-order valence-corrected chi connectivity index (χ0v) is 16.0. The summed E-state index contributed by atoms with van der Waals surface area (Å²) in [5, 5.41) is 15.9. The summed E-state index contributed by atoms with van der Waals surface area (Å²) >= 11 is 0. The molecule has 0 bridgehead atoms. The van der Waals surface area contributed by atoms with Gasteiger partial charge in [0.15, 0.2) is 0 Å². The summed E-state index contributed by atoms with van der Waals surface area (Å²) in [6.45, 7) is 0.543. The average Bonchev–Trinajstić information content (AvgIpc) is 3.68. The van der Waals surface area contributed by atoms with Gasteiger partial charge >= 0.3 is 0 Å². The first-order chi connectivity index (χ1) is 14.2. The lowest BCUT2D eigenvalue weighted by molar-refractivity contribution is 0.102. The van der Waals surface area contributed by atoms with E-state index < -0.39 is 0 Å². The fourth-order valence-corrected chi connectivity index (χ4v) is 3.90. The summed E-state index contributed by atoms with van der Waals surface area (Å²) in [6.07, 6.45) is 5.03. The summed E-state index contributed by atoms with van der Waals surface area (Å²) in [4.78, 5) is 12.6. The molecule has 1 N–H and O–H groups in total. The summed E-state index contributed by atoms with van der Waals surface area (Å²) in [5.41, 5.74) is 6.86. The molecule has 2 saturated carbocycles. The second-order valence-corrected chi connectivity index (χ2v) is 8.20. The second kappa shape index (κ2) is 6.37. The van der Waals surface area contributed by atoms with Gasteiger partial charge in [0.1, 0.15) is 0 Å². The van der Waals surface area contributed by atoms with Crippen LogP contribution in [-0.4, -0.2) is 15.7 Å². The first-order valence-electron chi connectivity index (χ1n) is 10.3. The first kappa shape index (κ1) is 16.7. The molecule has 1 aliphatic heterocycles. The Morgan fingerprint density at radius 3 is 2.52 bits per heavy atom. The van der Waals surface area contributed by atoms with Crippen LogP contribution in [-0.2, 0) is 6.54 Å². The van der Waals surface area contributed by atoms with E-state index in [1.165, 1.54) is 37.1 Å². The number of azo groups is 1. The smallest absolute Gasteiger partial charge is 0.255 e. The molecule has 0 radical (unpaired) electrons. The van der Waals surface area contributed by atoms with E-state index in [2.05, 4.69) is 26.3 Å². The highest BCUT2D eigenvalue weighted by molar-refractivity contribution is 6.04. The fourth-order valence-electron chi connectivity index (χ4n) is 3.90. The predicted molar refractivity (Wildman–Crippen MR) is 110 cm³/mol. The molecule has 0 saturated heterocycles. The fraction of sp³-hybridized carbons (Fsp3) is 0.304. The van der Waals surface area contributed by atoms with Crippen LogP contribution in [0.2, 0.25) is 0 Å². The van der Waals surface area contributed by atoms with E-state index in [1.807, 2.05) is 36.4 Å². The third-order valence-electron chi connectivity index (χ3n) is 5.88. The van der Waals surface area contributed by atoms with Crippen LogP contribution in [0.25, 0.3) is 5.69 Å². The third kappa shape index (κ3) is 3.14. The second-order valence-electron chi connectivity index (χ2n) is 8.20. The van der Waals surface area contributed by atoms with E-state index in [1.54, 1.807) is 6.07 Å². The summed E-state index contributed by atoms with van der Waals surface area (Å²) in [6, 6.07) is 15.8. The van der Waals surface area contributed by atoms with Gasteiger partial charge in [-0.25, -0.2) is 4.68 Å². The van der Waals surface area contributed by atoms with Gasteiger partial charge in [-0.1, -0.05) is 0 Å². The molecule has 29 heavy (non-hydrogen) atoms. The van der Waals surface area contributed by atoms with Gasteiger partial charge in [0.25, 0.3) is 5.91 Å². The maximum atomic E-state index is 12.6. The van der Waals surface area contributed by atoms with E-state index in [0.717, 1.165) is 22.6 Å². The van der Waals surface area contributed by atoms with E-state index in [9.17, 15) is 4.79 Å². The van der Waals surface area contributed by atoms with Gasteiger partial charge in [0.05, 0.1) is 23.6 Å². The normalized spacial score (nSPS) is 17.4. The van der Waals surface area contributed by atoms with Crippen LogP contribution in [0.1, 0.15) is 64.8 Å². The van der Waals surface area contributed by atoms with Crippen molar-refractivity contribution in [3.05, 3.63) is 71.0 Å². The average molecular weight is 383 g/mol. The Labute approximate surface area is 168 Å². The molecule has 0 spiro atoms. The lowest BCUT2D eigenvalue weighted by Crippen LogP contribution is -2.12. The van der Waals surface area contributed by atoms with Crippen LogP contribution in [0.15, 0.2) is 58.8 Å². The molecule has 144 valence electrons. The summed E-state index contributed by atoms with van der Waals surface area (Å²) in [7, 11) is 0. The quantitative estimate of drug-likeness (QED) is 0.634. The molecule has 2 fully saturated rings. The van der Waals surface area contributed by atoms with Gasteiger partial charge in [-0.3, -0.25) is 4.79 Å². The van der Waals surface area contributed by atoms with Gasteiger partial charge < -0.3 is 5.32 Å². The van der Waals surface area contributed by atoms with Crippen LogP contribution in [0.5, 0.6) is 0 Å². The number of rotatable bonds is 5. The molecule has 1 aromatic heterocycles. The van der Waals surface area contributed by atoms with Crippen molar-refractivity contribution in [1.82, 2.24) is 9.78 Å². The lowest BCUT2D eigenvalue weighted by Gasteiger charge is -2.09. The Balaban J connectivity index is 1.22. The number of aromatic nitrogens is 2. The molecule has 0 atom stereocenters. The number of hydrogen-bond donors (Lipinski definition) is 1. The minimum Gasteiger partial charge on any atom is -0.322 e. The van der Waals surface area contributed by atoms with Crippen molar-refractivity contribution in [3.8, 4) is 5.69 Å². The number of carbonyl (C=O) groups is 1. The van der Waals surface area contributed by atoms with E-state index in [-0.39, 0.29) is 5.91 Å². The Morgan fingerprint density at radius 1 is 0.966 bits per heavy atom. The number of benzene rings is 2. The van der Waals surface area contributed by atoms with Crippen LogP contribution in [0.4, 0.5) is 11.4 Å². The topological polar surface area (TPSA) is 71.6 Å². The van der Waals surface area contributed by atoms with Gasteiger partial charge in [-0.15, -0.1) is 0 Å². The predicted octanol–water partition coefficient (Wildman–Crippen LogP) is 5.48. The Kier molecular flexibility index (Phi) is 3.66. The molecular formula is C23H21N5O. The molecule has 6 rings (SSSR count). The van der Waals surface area contributed by atoms with Crippen LogP contribution >= 0.6 is 0 Å². The minimum absolute atomic E-state index is 0.124. The molecular weight excluding hydrogens is 362 g/mol. The number of amides is 1. The number of nitrogens with zero attached hydrogens (tertiary/aromatic N) is 4. The Morgan fingerprint density at radius 2 is 1.76 bits per heavy atom. The maximum Gasteiger partial charge on any atom is 0.255 e. The van der Waals surface area contributed by atoms with Crippen molar-refractivity contribution >= 4 is 17.3 Å². The minimum atomic E-state index is -0.124. The van der Waals surface area contributed by atoms with Gasteiger partial charge in [-0.05, 0) is 74.2 Å². The van der Waals surface area contributed by atoms with Crippen molar-refractivity contribution < 1.29 is 4.79 Å². The molecule has 3 aromatic rings. The van der Waals surface area contributed by atoms with Crippen molar-refractivity contribution in [2.24, 2.45) is 10.2 Å². The molecule has 1 amide bonds. The maximum absolute atomic E-state index is 12.6. The van der Waals surface area contributed by atoms with Crippen LogP contribution in [0, 0.1) is 0 Å². The highest BCUT2D eigenvalue weighted by Crippen LogP contribution is 2.45.